The summed E-state index contributed by atoms with van der Waals surface area (Å²) in [7, 11) is 0. The average Bonchev–Trinajstić information content (AvgIpc) is 2.99. The summed E-state index contributed by atoms with van der Waals surface area (Å²) in [6.07, 6.45) is 1.01. The number of alkyl halides is 3. The Hall–Kier alpha value is -0.290. The normalized spacial score (nSPS) is 17.2. The van der Waals surface area contributed by atoms with Gasteiger partial charge in [0.1, 0.15) is 6.61 Å². The summed E-state index contributed by atoms with van der Waals surface area (Å²) in [6, 6.07) is 0.718. The Kier molecular flexibility index (Phi) is 5.92. The Labute approximate surface area is 107 Å². The second-order valence-electron chi connectivity index (χ2n) is 5.91. The molecular weight excluding hydrogens is 243 g/mol. The number of nitrogens with one attached hydrogen (secondary N) is 1. The van der Waals surface area contributed by atoms with Gasteiger partial charge in [-0.2, -0.15) is 13.2 Å². The number of rotatable bonds is 9. The van der Waals surface area contributed by atoms with E-state index in [4.69, 9.17) is 0 Å². The van der Waals surface area contributed by atoms with Gasteiger partial charge in [0.15, 0.2) is 0 Å². The lowest BCUT2D eigenvalue weighted by Crippen LogP contribution is -2.24. The molecule has 0 aromatic carbocycles. The number of hydrogen-bond acceptors (Lipinski definition) is 2. The Bertz CT molecular complexity index is 237. The molecule has 0 saturated heterocycles. The predicted molar refractivity (Wildman–Crippen MR) is 65.5 cm³/mol. The molecule has 108 valence electrons. The summed E-state index contributed by atoms with van der Waals surface area (Å²) in [6.45, 7) is 4.38. The highest BCUT2D eigenvalue weighted by Gasteiger charge is 2.27. The lowest BCUT2D eigenvalue weighted by molar-refractivity contribution is -0.174. The van der Waals surface area contributed by atoms with Gasteiger partial charge in [-0.15, -0.1) is 0 Å². The highest BCUT2D eigenvalue weighted by molar-refractivity contribution is 4.81. The van der Waals surface area contributed by atoms with Crippen LogP contribution in [0.4, 0.5) is 13.2 Å². The van der Waals surface area contributed by atoms with Crippen LogP contribution in [0.5, 0.6) is 0 Å². The number of ether oxygens (including phenoxy) is 1. The van der Waals surface area contributed by atoms with Gasteiger partial charge >= 0.3 is 6.18 Å². The van der Waals surface area contributed by atoms with Crippen molar-refractivity contribution in [3.05, 3.63) is 0 Å². The zero-order valence-corrected chi connectivity index (χ0v) is 11.3. The second-order valence-corrected chi connectivity index (χ2v) is 5.91. The molecular formula is C13H24F3NO. The smallest absolute Gasteiger partial charge is 0.372 e. The maximum atomic E-state index is 11.8. The van der Waals surface area contributed by atoms with E-state index < -0.39 is 12.8 Å². The zero-order chi connectivity index (χ0) is 13.6. The van der Waals surface area contributed by atoms with Crippen LogP contribution in [0.25, 0.3) is 0 Å². The summed E-state index contributed by atoms with van der Waals surface area (Å²) >= 11 is 0. The summed E-state index contributed by atoms with van der Waals surface area (Å²) in [4.78, 5) is 0. The molecule has 1 rings (SSSR count). The molecule has 0 unspecified atom stereocenters. The van der Waals surface area contributed by atoms with Crippen molar-refractivity contribution in [2.45, 2.75) is 58.2 Å². The van der Waals surface area contributed by atoms with Crippen LogP contribution in [0.2, 0.25) is 0 Å². The Balaban J connectivity index is 1.97. The van der Waals surface area contributed by atoms with Gasteiger partial charge in [0.05, 0.1) is 0 Å². The minimum absolute atomic E-state index is 0.170. The number of halogens is 3. The molecule has 0 heterocycles. The molecule has 1 aliphatic rings. The lowest BCUT2D eigenvalue weighted by atomic mass is 9.84. The molecule has 0 radical (unpaired) electrons. The van der Waals surface area contributed by atoms with E-state index in [1.807, 2.05) is 0 Å². The van der Waals surface area contributed by atoms with Crippen molar-refractivity contribution < 1.29 is 17.9 Å². The highest BCUT2D eigenvalue weighted by Crippen LogP contribution is 2.27. The third kappa shape index (κ3) is 8.75. The largest absolute Gasteiger partial charge is 0.411 e. The molecule has 0 aromatic heterocycles. The fourth-order valence-electron chi connectivity index (χ4n) is 1.87. The van der Waals surface area contributed by atoms with Crippen LogP contribution < -0.4 is 5.32 Å². The minimum atomic E-state index is -4.20. The SMILES string of the molecule is CC(C)(CCCOCC(F)(F)F)CCNC1CC1. The van der Waals surface area contributed by atoms with E-state index in [1.165, 1.54) is 12.8 Å². The van der Waals surface area contributed by atoms with Gasteiger partial charge in [0.2, 0.25) is 0 Å². The molecule has 0 aliphatic heterocycles. The monoisotopic (exact) mass is 267 g/mol. The van der Waals surface area contributed by atoms with Crippen molar-refractivity contribution >= 4 is 0 Å². The first-order valence-corrected chi connectivity index (χ1v) is 6.66. The Morgan fingerprint density at radius 2 is 1.83 bits per heavy atom. The Morgan fingerprint density at radius 3 is 2.39 bits per heavy atom. The van der Waals surface area contributed by atoms with Gasteiger partial charge in [-0.1, -0.05) is 13.8 Å². The van der Waals surface area contributed by atoms with Crippen molar-refractivity contribution in [2.24, 2.45) is 5.41 Å². The third-order valence-corrected chi connectivity index (χ3v) is 3.22. The van der Waals surface area contributed by atoms with Crippen molar-refractivity contribution in [3.8, 4) is 0 Å². The molecule has 0 amide bonds. The lowest BCUT2D eigenvalue weighted by Gasteiger charge is -2.24. The first kappa shape index (κ1) is 15.8. The molecule has 18 heavy (non-hydrogen) atoms. The molecule has 1 aliphatic carbocycles. The van der Waals surface area contributed by atoms with Gasteiger partial charge in [0, 0.05) is 12.6 Å². The fraction of sp³-hybridized carbons (Fsp3) is 1.00. The van der Waals surface area contributed by atoms with E-state index in [0.29, 0.717) is 6.42 Å². The van der Waals surface area contributed by atoms with Gasteiger partial charge in [0.25, 0.3) is 0 Å². The van der Waals surface area contributed by atoms with Crippen molar-refractivity contribution in [1.82, 2.24) is 5.32 Å². The van der Waals surface area contributed by atoms with E-state index in [2.05, 4.69) is 23.9 Å². The Morgan fingerprint density at radius 1 is 1.17 bits per heavy atom. The van der Waals surface area contributed by atoms with Crippen LogP contribution in [-0.4, -0.2) is 32.0 Å². The van der Waals surface area contributed by atoms with Gasteiger partial charge < -0.3 is 10.1 Å². The predicted octanol–water partition coefficient (Wildman–Crippen LogP) is 3.51. The molecule has 0 atom stereocenters. The van der Waals surface area contributed by atoms with Crippen LogP contribution in [0.1, 0.15) is 46.0 Å². The highest BCUT2D eigenvalue weighted by atomic mass is 19.4. The standard InChI is InChI=1S/C13H24F3NO/c1-12(2,7-8-17-11-4-5-11)6-3-9-18-10-13(14,15)16/h11,17H,3-10H2,1-2H3. The van der Waals surface area contributed by atoms with Gasteiger partial charge in [-0.25, -0.2) is 0 Å². The second kappa shape index (κ2) is 6.75. The van der Waals surface area contributed by atoms with Crippen molar-refractivity contribution in [1.29, 1.82) is 0 Å². The van der Waals surface area contributed by atoms with E-state index in [9.17, 15) is 13.2 Å². The van der Waals surface area contributed by atoms with E-state index in [-0.39, 0.29) is 12.0 Å². The number of hydrogen-bond donors (Lipinski definition) is 1. The molecule has 0 bridgehead atoms. The van der Waals surface area contributed by atoms with Crippen LogP contribution in [-0.2, 0) is 4.74 Å². The molecule has 1 fully saturated rings. The zero-order valence-electron chi connectivity index (χ0n) is 11.3. The molecule has 1 saturated carbocycles. The van der Waals surface area contributed by atoms with Gasteiger partial charge in [-0.05, 0) is 44.1 Å². The molecule has 2 nitrogen and oxygen atoms in total. The summed E-state index contributed by atoms with van der Waals surface area (Å²) in [5, 5.41) is 3.45. The minimum Gasteiger partial charge on any atom is -0.372 e. The van der Waals surface area contributed by atoms with Crippen LogP contribution >= 0.6 is 0 Å². The van der Waals surface area contributed by atoms with Crippen molar-refractivity contribution in [3.63, 3.8) is 0 Å². The van der Waals surface area contributed by atoms with E-state index >= 15 is 0 Å². The third-order valence-electron chi connectivity index (χ3n) is 3.22. The summed E-state index contributed by atoms with van der Waals surface area (Å²) in [5.41, 5.74) is 0.170. The van der Waals surface area contributed by atoms with Crippen LogP contribution in [0.3, 0.4) is 0 Å². The van der Waals surface area contributed by atoms with Crippen LogP contribution in [0, 0.1) is 5.41 Å². The molecule has 1 N–H and O–H groups in total. The maximum Gasteiger partial charge on any atom is 0.411 e. The van der Waals surface area contributed by atoms with E-state index in [1.54, 1.807) is 0 Å². The first-order valence-electron chi connectivity index (χ1n) is 6.66. The van der Waals surface area contributed by atoms with E-state index in [0.717, 1.165) is 25.4 Å². The van der Waals surface area contributed by atoms with Gasteiger partial charge in [-0.3, -0.25) is 0 Å². The first-order chi connectivity index (χ1) is 8.29. The maximum absolute atomic E-state index is 11.8. The summed E-state index contributed by atoms with van der Waals surface area (Å²) < 4.78 is 40.1. The average molecular weight is 267 g/mol. The molecule has 0 aromatic rings. The fourth-order valence-corrected chi connectivity index (χ4v) is 1.87. The van der Waals surface area contributed by atoms with Crippen LogP contribution in [0.15, 0.2) is 0 Å². The molecule has 5 heteroatoms. The van der Waals surface area contributed by atoms with Crippen molar-refractivity contribution in [2.75, 3.05) is 19.8 Å². The summed E-state index contributed by atoms with van der Waals surface area (Å²) in [5.74, 6) is 0. The molecule has 0 spiro atoms. The quantitative estimate of drug-likeness (QED) is 0.645. The topological polar surface area (TPSA) is 21.3 Å².